The van der Waals surface area contributed by atoms with Crippen LogP contribution in [0, 0.1) is 15.3 Å². The topological polar surface area (TPSA) is 45.8 Å². The van der Waals surface area contributed by atoms with E-state index in [-0.39, 0.29) is 11.4 Å². The van der Waals surface area contributed by atoms with Gasteiger partial charge in [-0.25, -0.2) is 9.37 Å². The Hall–Kier alpha value is -0.760. The van der Waals surface area contributed by atoms with E-state index in [4.69, 9.17) is 0 Å². The molecule has 0 aliphatic heterocycles. The van der Waals surface area contributed by atoms with E-state index in [0.29, 0.717) is 31.8 Å². The Morgan fingerprint density at radius 2 is 2.15 bits per heavy atom. The molecule has 20 heavy (non-hydrogen) atoms. The second-order valence-electron chi connectivity index (χ2n) is 4.90. The van der Waals surface area contributed by atoms with Crippen molar-refractivity contribution in [3.8, 4) is 11.4 Å². The zero-order chi connectivity index (χ0) is 14.9. The van der Waals surface area contributed by atoms with E-state index < -0.39 is 0 Å². The molecule has 0 fully saturated rings. The van der Waals surface area contributed by atoms with Gasteiger partial charge in [0.2, 0.25) is 0 Å². The summed E-state index contributed by atoms with van der Waals surface area (Å²) in [5, 5.41) is 0. The van der Waals surface area contributed by atoms with Gasteiger partial charge in [-0.15, -0.1) is 0 Å². The molecule has 106 valence electrons. The van der Waals surface area contributed by atoms with Gasteiger partial charge in [0.1, 0.15) is 11.6 Å². The van der Waals surface area contributed by atoms with Gasteiger partial charge in [0.15, 0.2) is 0 Å². The zero-order valence-corrected chi connectivity index (χ0v) is 14.7. The predicted octanol–water partition coefficient (Wildman–Crippen LogP) is 4.14. The SMILES string of the molecule is CC(C)Cc1nc(-c2cc(F)ccc2Br)[nH]c(=O)c1I. The molecule has 0 saturated heterocycles. The number of rotatable bonds is 3. The van der Waals surface area contributed by atoms with Crippen molar-refractivity contribution in [1.82, 2.24) is 9.97 Å². The van der Waals surface area contributed by atoms with Gasteiger partial charge < -0.3 is 4.98 Å². The molecule has 3 nitrogen and oxygen atoms in total. The molecule has 0 atom stereocenters. The summed E-state index contributed by atoms with van der Waals surface area (Å²) in [7, 11) is 0. The molecule has 1 aromatic heterocycles. The molecule has 1 aromatic carbocycles. The Bertz CT molecular complexity index is 700. The number of nitrogens with one attached hydrogen (secondary N) is 1. The van der Waals surface area contributed by atoms with Crippen LogP contribution in [0.15, 0.2) is 27.5 Å². The van der Waals surface area contributed by atoms with Crippen LogP contribution in [-0.4, -0.2) is 9.97 Å². The maximum atomic E-state index is 13.4. The van der Waals surface area contributed by atoms with Crippen LogP contribution < -0.4 is 5.56 Å². The van der Waals surface area contributed by atoms with Crippen LogP contribution in [0.25, 0.3) is 11.4 Å². The van der Waals surface area contributed by atoms with E-state index in [1.807, 2.05) is 22.6 Å². The smallest absolute Gasteiger partial charge is 0.264 e. The van der Waals surface area contributed by atoms with Gasteiger partial charge in [0.25, 0.3) is 5.56 Å². The van der Waals surface area contributed by atoms with Gasteiger partial charge in [0.05, 0.1) is 9.26 Å². The molecule has 1 heterocycles. The first-order chi connectivity index (χ1) is 9.38. The van der Waals surface area contributed by atoms with Crippen molar-refractivity contribution in [3.63, 3.8) is 0 Å². The molecule has 0 aliphatic carbocycles. The summed E-state index contributed by atoms with van der Waals surface area (Å²) in [4.78, 5) is 19.2. The highest BCUT2D eigenvalue weighted by atomic mass is 127. The van der Waals surface area contributed by atoms with Crippen LogP contribution in [0.2, 0.25) is 0 Å². The average Bonchev–Trinajstić information content (AvgIpc) is 2.37. The normalized spacial score (nSPS) is 11.1. The molecular formula is C14H13BrFIN2O. The summed E-state index contributed by atoms with van der Waals surface area (Å²) < 4.78 is 14.7. The summed E-state index contributed by atoms with van der Waals surface area (Å²) in [5.74, 6) is 0.411. The highest BCUT2D eigenvalue weighted by Crippen LogP contribution is 2.26. The predicted molar refractivity (Wildman–Crippen MR) is 89.2 cm³/mol. The fourth-order valence-electron chi connectivity index (χ4n) is 1.83. The number of aromatic nitrogens is 2. The van der Waals surface area contributed by atoms with Crippen LogP contribution >= 0.6 is 38.5 Å². The van der Waals surface area contributed by atoms with Gasteiger partial charge in [0, 0.05) is 10.0 Å². The number of halogens is 3. The van der Waals surface area contributed by atoms with Crippen LogP contribution in [0.3, 0.4) is 0 Å². The molecule has 0 radical (unpaired) electrons. The van der Waals surface area contributed by atoms with E-state index in [1.165, 1.54) is 12.1 Å². The third kappa shape index (κ3) is 3.46. The van der Waals surface area contributed by atoms with Crippen LogP contribution in [0.1, 0.15) is 19.5 Å². The molecule has 0 aliphatic rings. The Labute approximate surface area is 138 Å². The lowest BCUT2D eigenvalue weighted by atomic mass is 10.1. The molecule has 0 amide bonds. The second-order valence-corrected chi connectivity index (χ2v) is 6.83. The van der Waals surface area contributed by atoms with Gasteiger partial charge in [-0.2, -0.15) is 0 Å². The Morgan fingerprint density at radius 3 is 2.80 bits per heavy atom. The Balaban J connectivity index is 2.60. The average molecular weight is 451 g/mol. The summed E-state index contributed by atoms with van der Waals surface area (Å²) in [6, 6.07) is 4.31. The number of hydrogen-bond acceptors (Lipinski definition) is 2. The van der Waals surface area contributed by atoms with E-state index in [1.54, 1.807) is 6.07 Å². The largest absolute Gasteiger partial charge is 0.306 e. The number of H-pyrrole nitrogens is 1. The van der Waals surface area contributed by atoms with Gasteiger partial charge in [-0.3, -0.25) is 4.79 Å². The lowest BCUT2D eigenvalue weighted by Gasteiger charge is -2.10. The minimum atomic E-state index is -0.366. The minimum absolute atomic E-state index is 0.192. The minimum Gasteiger partial charge on any atom is -0.306 e. The first kappa shape index (κ1) is 15.6. The summed E-state index contributed by atoms with van der Waals surface area (Å²) in [5.41, 5.74) is 1.10. The van der Waals surface area contributed by atoms with Crippen molar-refractivity contribution in [2.75, 3.05) is 0 Å². The van der Waals surface area contributed by atoms with Crippen molar-refractivity contribution < 1.29 is 4.39 Å². The van der Waals surface area contributed by atoms with Crippen molar-refractivity contribution in [2.24, 2.45) is 5.92 Å². The van der Waals surface area contributed by atoms with Crippen molar-refractivity contribution in [1.29, 1.82) is 0 Å². The van der Waals surface area contributed by atoms with E-state index >= 15 is 0 Å². The molecule has 2 aromatic rings. The standard InChI is InChI=1S/C14H13BrFIN2O/c1-7(2)5-11-12(17)14(20)19-13(18-11)9-6-8(16)3-4-10(9)15/h3-4,6-7H,5H2,1-2H3,(H,18,19,20). The third-order valence-corrected chi connectivity index (χ3v) is 4.52. The monoisotopic (exact) mass is 450 g/mol. The quantitative estimate of drug-likeness (QED) is 0.714. The van der Waals surface area contributed by atoms with Gasteiger partial charge in [-0.1, -0.05) is 29.8 Å². The third-order valence-electron chi connectivity index (χ3n) is 2.72. The first-order valence-corrected chi connectivity index (χ1v) is 7.99. The van der Waals surface area contributed by atoms with Crippen molar-refractivity contribution >= 4 is 38.5 Å². The summed E-state index contributed by atoms with van der Waals surface area (Å²) >= 11 is 5.35. The molecule has 6 heteroatoms. The van der Waals surface area contributed by atoms with E-state index in [9.17, 15) is 9.18 Å². The molecule has 1 N–H and O–H groups in total. The lowest BCUT2D eigenvalue weighted by Crippen LogP contribution is -2.17. The number of benzene rings is 1. The molecule has 0 unspecified atom stereocenters. The Morgan fingerprint density at radius 1 is 1.45 bits per heavy atom. The van der Waals surface area contributed by atoms with Gasteiger partial charge in [-0.05, 0) is 53.1 Å². The van der Waals surface area contributed by atoms with Crippen LogP contribution in [0.4, 0.5) is 4.39 Å². The molecular weight excluding hydrogens is 438 g/mol. The Kier molecular flexibility index (Phi) is 4.95. The molecule has 0 bridgehead atoms. The molecule has 0 saturated carbocycles. The second kappa shape index (κ2) is 6.34. The fourth-order valence-corrected chi connectivity index (χ4v) is 2.74. The highest BCUT2D eigenvalue weighted by molar-refractivity contribution is 14.1. The molecule has 0 spiro atoms. The van der Waals surface area contributed by atoms with Crippen LogP contribution in [-0.2, 0) is 6.42 Å². The van der Waals surface area contributed by atoms with E-state index in [2.05, 4.69) is 39.7 Å². The zero-order valence-electron chi connectivity index (χ0n) is 11.0. The molecule has 2 rings (SSSR count). The highest BCUT2D eigenvalue weighted by Gasteiger charge is 2.14. The number of nitrogens with zero attached hydrogens (tertiary/aromatic N) is 1. The summed E-state index contributed by atoms with van der Waals surface area (Å²) in [6.07, 6.45) is 0.710. The fraction of sp³-hybridized carbons (Fsp3) is 0.286. The maximum absolute atomic E-state index is 13.4. The maximum Gasteiger partial charge on any atom is 0.264 e. The van der Waals surface area contributed by atoms with Crippen molar-refractivity contribution in [3.05, 3.63) is 48.1 Å². The summed E-state index contributed by atoms with van der Waals surface area (Å²) in [6.45, 7) is 4.13. The number of aromatic amines is 1. The first-order valence-electron chi connectivity index (χ1n) is 6.12. The van der Waals surface area contributed by atoms with Crippen molar-refractivity contribution in [2.45, 2.75) is 20.3 Å². The van der Waals surface area contributed by atoms with Gasteiger partial charge >= 0.3 is 0 Å². The van der Waals surface area contributed by atoms with Crippen LogP contribution in [0.5, 0.6) is 0 Å². The number of hydrogen-bond donors (Lipinski definition) is 1. The van der Waals surface area contributed by atoms with E-state index in [0.717, 1.165) is 5.69 Å². The lowest BCUT2D eigenvalue weighted by molar-refractivity contribution is 0.626.